The number of ether oxygens (including phenoxy) is 1. The third kappa shape index (κ3) is 4.82. The summed E-state index contributed by atoms with van der Waals surface area (Å²) in [6.45, 7) is 3.22. The molecule has 1 aromatic heterocycles. The second-order valence-electron chi connectivity index (χ2n) is 9.80. The number of aromatic nitrogens is 1. The van der Waals surface area contributed by atoms with Gasteiger partial charge in [-0.05, 0) is 70.1 Å². The molecule has 1 fully saturated rings. The van der Waals surface area contributed by atoms with Crippen molar-refractivity contribution in [1.82, 2.24) is 15.2 Å². The Labute approximate surface area is 200 Å². The molecule has 2 aromatic carbocycles. The normalized spacial score (nSPS) is 22.9. The molecule has 34 heavy (non-hydrogen) atoms. The molecule has 0 saturated heterocycles. The summed E-state index contributed by atoms with van der Waals surface area (Å²) in [5.74, 6) is -0.192. The number of hydrogen-bond acceptors (Lipinski definition) is 5. The van der Waals surface area contributed by atoms with E-state index in [1.54, 1.807) is 7.11 Å². The first kappa shape index (κ1) is 24.3. The summed E-state index contributed by atoms with van der Waals surface area (Å²) in [7, 11) is 5.69. The number of fused-ring (bicyclic) bond motifs is 1. The van der Waals surface area contributed by atoms with E-state index >= 15 is 0 Å². The van der Waals surface area contributed by atoms with Gasteiger partial charge in [0.05, 0.1) is 12.7 Å². The average molecular weight is 466 g/mol. The maximum Gasteiger partial charge on any atom is 0.352 e. The number of hydrogen-bond donors (Lipinski definition) is 4. The van der Waals surface area contributed by atoms with E-state index in [9.17, 15) is 15.0 Å². The SMILES string of the molecule is COc1cccc(C2(O)CCC(NCc3c(C(=O)O)[nH]c4ccc(C)cc34)CC2CN(C)C)c1. The Morgan fingerprint density at radius 2 is 2.06 bits per heavy atom. The molecule has 7 nitrogen and oxygen atoms in total. The number of aromatic amines is 1. The van der Waals surface area contributed by atoms with E-state index in [0.717, 1.165) is 52.7 Å². The van der Waals surface area contributed by atoms with Gasteiger partial charge >= 0.3 is 5.97 Å². The van der Waals surface area contributed by atoms with Gasteiger partial charge in [0.15, 0.2) is 0 Å². The van der Waals surface area contributed by atoms with Gasteiger partial charge in [0.2, 0.25) is 0 Å². The summed E-state index contributed by atoms with van der Waals surface area (Å²) in [6, 6.07) is 13.9. The highest BCUT2D eigenvalue weighted by Crippen LogP contribution is 2.43. The number of H-pyrrole nitrogens is 1. The van der Waals surface area contributed by atoms with Crippen LogP contribution in [0.15, 0.2) is 42.5 Å². The van der Waals surface area contributed by atoms with Crippen molar-refractivity contribution < 1.29 is 19.7 Å². The van der Waals surface area contributed by atoms with Crippen LogP contribution in [0.25, 0.3) is 10.9 Å². The van der Waals surface area contributed by atoms with E-state index in [1.807, 2.05) is 63.5 Å². The van der Waals surface area contributed by atoms with Gasteiger partial charge in [-0.2, -0.15) is 0 Å². The number of aryl methyl sites for hydroxylation is 1. The summed E-state index contributed by atoms with van der Waals surface area (Å²) in [4.78, 5) is 17.1. The first-order chi connectivity index (χ1) is 16.2. The predicted molar refractivity (Wildman–Crippen MR) is 133 cm³/mol. The van der Waals surface area contributed by atoms with Gasteiger partial charge in [-0.25, -0.2) is 4.79 Å². The summed E-state index contributed by atoms with van der Waals surface area (Å²) in [6.07, 6.45) is 2.20. The van der Waals surface area contributed by atoms with Crippen LogP contribution < -0.4 is 10.1 Å². The van der Waals surface area contributed by atoms with Crippen molar-refractivity contribution in [3.05, 3.63) is 64.8 Å². The van der Waals surface area contributed by atoms with E-state index in [2.05, 4.69) is 15.2 Å². The van der Waals surface area contributed by atoms with Crippen molar-refractivity contribution in [2.24, 2.45) is 5.92 Å². The Kier molecular flexibility index (Phi) is 6.98. The molecule has 182 valence electrons. The number of carboxylic acid groups (broad SMARTS) is 1. The molecule has 4 rings (SSSR count). The van der Waals surface area contributed by atoms with E-state index < -0.39 is 11.6 Å². The molecule has 3 unspecified atom stereocenters. The molecule has 3 atom stereocenters. The minimum atomic E-state index is -0.952. The van der Waals surface area contributed by atoms with Crippen LogP contribution in [-0.2, 0) is 12.1 Å². The molecule has 4 N–H and O–H groups in total. The van der Waals surface area contributed by atoms with Gasteiger partial charge in [-0.1, -0.05) is 23.8 Å². The first-order valence-corrected chi connectivity index (χ1v) is 11.8. The lowest BCUT2D eigenvalue weighted by Crippen LogP contribution is -2.49. The molecule has 0 amide bonds. The largest absolute Gasteiger partial charge is 0.497 e. The van der Waals surface area contributed by atoms with Gasteiger partial charge in [-0.15, -0.1) is 0 Å². The fraction of sp³-hybridized carbons (Fsp3) is 0.444. The highest BCUT2D eigenvalue weighted by atomic mass is 16.5. The smallest absolute Gasteiger partial charge is 0.352 e. The molecule has 3 aromatic rings. The number of methoxy groups -OCH3 is 1. The minimum absolute atomic E-state index is 0.0185. The Balaban J connectivity index is 1.56. The maximum atomic E-state index is 11.9. The van der Waals surface area contributed by atoms with E-state index in [0.29, 0.717) is 13.0 Å². The zero-order valence-electron chi connectivity index (χ0n) is 20.4. The molecule has 0 bridgehead atoms. The minimum Gasteiger partial charge on any atom is -0.497 e. The van der Waals surface area contributed by atoms with Crippen LogP contribution in [0.2, 0.25) is 0 Å². The fourth-order valence-electron chi connectivity index (χ4n) is 5.35. The number of benzene rings is 2. The lowest BCUT2D eigenvalue weighted by molar-refractivity contribution is -0.0694. The van der Waals surface area contributed by atoms with E-state index in [1.165, 1.54) is 0 Å². The molecule has 1 heterocycles. The van der Waals surface area contributed by atoms with E-state index in [-0.39, 0.29) is 17.7 Å². The van der Waals surface area contributed by atoms with Gasteiger partial charge in [-0.3, -0.25) is 0 Å². The predicted octanol–water partition coefficient (Wildman–Crippen LogP) is 3.89. The summed E-state index contributed by atoms with van der Waals surface area (Å²) < 4.78 is 5.40. The number of aromatic carboxylic acids is 1. The number of rotatable bonds is 8. The van der Waals surface area contributed by atoms with Crippen LogP contribution in [0.5, 0.6) is 5.75 Å². The third-order valence-electron chi connectivity index (χ3n) is 7.12. The second-order valence-corrected chi connectivity index (χ2v) is 9.80. The van der Waals surface area contributed by atoms with Crippen LogP contribution in [0.3, 0.4) is 0 Å². The van der Waals surface area contributed by atoms with Crippen molar-refractivity contribution in [2.75, 3.05) is 27.7 Å². The van der Waals surface area contributed by atoms with E-state index in [4.69, 9.17) is 4.74 Å². The number of nitrogens with one attached hydrogen (secondary N) is 2. The van der Waals surface area contributed by atoms with Crippen LogP contribution in [0.4, 0.5) is 0 Å². The highest BCUT2D eigenvalue weighted by Gasteiger charge is 2.43. The Morgan fingerprint density at radius 3 is 2.76 bits per heavy atom. The summed E-state index contributed by atoms with van der Waals surface area (Å²) in [5.41, 5.74) is 2.89. The Morgan fingerprint density at radius 1 is 1.26 bits per heavy atom. The molecular formula is C27H35N3O4. The van der Waals surface area contributed by atoms with Gasteiger partial charge in [0, 0.05) is 41.5 Å². The molecule has 7 heteroatoms. The number of carbonyl (C=O) groups is 1. The zero-order chi connectivity index (χ0) is 24.5. The Hall–Kier alpha value is -2.87. The lowest BCUT2D eigenvalue weighted by Gasteiger charge is -2.45. The number of aliphatic hydroxyl groups is 1. The maximum absolute atomic E-state index is 11.9. The highest BCUT2D eigenvalue weighted by molar-refractivity contribution is 5.97. The molecule has 1 saturated carbocycles. The van der Waals surface area contributed by atoms with Crippen molar-refractivity contribution in [2.45, 2.75) is 44.4 Å². The average Bonchev–Trinajstić information content (AvgIpc) is 3.17. The van der Waals surface area contributed by atoms with Crippen LogP contribution in [-0.4, -0.2) is 59.9 Å². The monoisotopic (exact) mass is 465 g/mol. The van der Waals surface area contributed by atoms with Gasteiger partial charge in [0.1, 0.15) is 11.4 Å². The third-order valence-corrected chi connectivity index (χ3v) is 7.12. The topological polar surface area (TPSA) is 97.8 Å². The van der Waals surface area contributed by atoms with Crippen LogP contribution in [0.1, 0.15) is 46.4 Å². The number of carboxylic acids is 1. The standard InChI is InChI=1S/C27H35N3O4/c1-17-8-9-24-22(12-17)23(25(29-24)26(31)32)15-28-20-10-11-27(33,19(13-20)16-30(2)3)18-6-5-7-21(14-18)34-4/h5-9,12,14,19-20,28-29,33H,10-11,13,15-16H2,1-4H3,(H,31,32). The molecule has 1 aliphatic rings. The van der Waals surface area contributed by atoms with Gasteiger partial charge in [0.25, 0.3) is 0 Å². The Bertz CT molecular complexity index is 1170. The van der Waals surface area contributed by atoms with Crippen molar-refractivity contribution >= 4 is 16.9 Å². The van der Waals surface area contributed by atoms with Crippen molar-refractivity contribution in [1.29, 1.82) is 0 Å². The summed E-state index contributed by atoms with van der Waals surface area (Å²) >= 11 is 0. The second kappa shape index (κ2) is 9.78. The zero-order valence-corrected chi connectivity index (χ0v) is 20.4. The van der Waals surface area contributed by atoms with Gasteiger partial charge < -0.3 is 30.2 Å². The molecule has 0 spiro atoms. The van der Waals surface area contributed by atoms with Crippen LogP contribution >= 0.6 is 0 Å². The molecular weight excluding hydrogens is 430 g/mol. The number of nitrogens with zero attached hydrogens (tertiary/aromatic N) is 1. The quantitative estimate of drug-likeness (QED) is 0.403. The first-order valence-electron chi connectivity index (χ1n) is 11.8. The lowest BCUT2D eigenvalue weighted by atomic mass is 9.69. The fourth-order valence-corrected chi connectivity index (χ4v) is 5.35. The van der Waals surface area contributed by atoms with Crippen molar-refractivity contribution in [3.8, 4) is 5.75 Å². The van der Waals surface area contributed by atoms with Crippen LogP contribution in [0, 0.1) is 12.8 Å². The molecule has 0 aliphatic heterocycles. The summed E-state index contributed by atoms with van der Waals surface area (Å²) in [5, 5.41) is 26.1. The van der Waals surface area contributed by atoms with Crippen molar-refractivity contribution in [3.63, 3.8) is 0 Å². The molecule has 1 aliphatic carbocycles. The molecule has 0 radical (unpaired) electrons.